The molecule has 1 fully saturated rings. The molecule has 4 nitrogen and oxygen atoms in total. The molecule has 3 N–H and O–H groups in total. The van der Waals surface area contributed by atoms with Crippen LogP contribution in [0.15, 0.2) is 18.2 Å². The van der Waals surface area contributed by atoms with Gasteiger partial charge in [-0.2, -0.15) is 0 Å². The Balaban J connectivity index is 2.13. The Kier molecular flexibility index (Phi) is 5.88. The van der Waals surface area contributed by atoms with Crippen LogP contribution >= 0.6 is 0 Å². The number of ether oxygens (including phenoxy) is 1. The lowest BCUT2D eigenvalue weighted by Gasteiger charge is -2.32. The first-order chi connectivity index (χ1) is 10.2. The van der Waals surface area contributed by atoms with Gasteiger partial charge < -0.3 is 15.6 Å². The van der Waals surface area contributed by atoms with E-state index in [1.54, 1.807) is 0 Å². The molecule has 0 heterocycles. The molecule has 118 valence electrons. The van der Waals surface area contributed by atoms with Crippen molar-refractivity contribution >= 4 is 0 Å². The molecule has 0 spiro atoms. The first-order valence-electron chi connectivity index (χ1n) is 8.09. The van der Waals surface area contributed by atoms with Crippen LogP contribution in [0.3, 0.4) is 0 Å². The molecule has 1 aromatic carbocycles. The zero-order valence-corrected chi connectivity index (χ0v) is 13.2. The first kappa shape index (κ1) is 16.1. The largest absolute Gasteiger partial charge is 0.504 e. The minimum Gasteiger partial charge on any atom is -0.504 e. The maximum atomic E-state index is 10.4. The fraction of sp³-hybridized carbons (Fsp3) is 0.647. The van der Waals surface area contributed by atoms with Crippen LogP contribution in [-0.2, 0) is 6.54 Å². The summed E-state index contributed by atoms with van der Waals surface area (Å²) in [5.74, 6) is 1.44. The zero-order valence-electron chi connectivity index (χ0n) is 13.2. The number of rotatable bonds is 7. The van der Waals surface area contributed by atoms with Crippen molar-refractivity contribution in [1.29, 1.82) is 0 Å². The molecule has 1 aliphatic carbocycles. The topological polar surface area (TPSA) is 58.7 Å². The lowest BCUT2D eigenvalue weighted by molar-refractivity contribution is 0.160. The SMILES string of the molecule is CCOc1cccc(CN(CC)C2CCCC2CN)c1O. The summed E-state index contributed by atoms with van der Waals surface area (Å²) in [6.45, 7) is 7.15. The van der Waals surface area contributed by atoms with Gasteiger partial charge in [0.15, 0.2) is 11.5 Å². The lowest BCUT2D eigenvalue weighted by Crippen LogP contribution is -2.39. The van der Waals surface area contributed by atoms with Gasteiger partial charge in [-0.1, -0.05) is 25.5 Å². The van der Waals surface area contributed by atoms with Crippen LogP contribution < -0.4 is 10.5 Å². The van der Waals surface area contributed by atoms with Gasteiger partial charge in [0.25, 0.3) is 0 Å². The minimum absolute atomic E-state index is 0.278. The summed E-state index contributed by atoms with van der Waals surface area (Å²) >= 11 is 0. The van der Waals surface area contributed by atoms with Gasteiger partial charge in [-0.3, -0.25) is 4.90 Å². The highest BCUT2D eigenvalue weighted by atomic mass is 16.5. The Hall–Kier alpha value is -1.26. The van der Waals surface area contributed by atoms with Crippen LogP contribution in [0, 0.1) is 5.92 Å². The molecular formula is C17H28N2O2. The van der Waals surface area contributed by atoms with Crippen molar-refractivity contribution in [2.24, 2.45) is 11.7 Å². The van der Waals surface area contributed by atoms with E-state index in [-0.39, 0.29) is 5.75 Å². The van der Waals surface area contributed by atoms with Gasteiger partial charge in [-0.05, 0) is 44.8 Å². The van der Waals surface area contributed by atoms with Crippen LogP contribution in [-0.4, -0.2) is 35.7 Å². The number of phenols is 1. The number of aromatic hydroxyl groups is 1. The van der Waals surface area contributed by atoms with Gasteiger partial charge in [-0.15, -0.1) is 0 Å². The average Bonchev–Trinajstić information content (AvgIpc) is 2.96. The Morgan fingerprint density at radius 2 is 2.14 bits per heavy atom. The number of hydrogen-bond donors (Lipinski definition) is 2. The third-order valence-electron chi connectivity index (χ3n) is 4.55. The number of hydrogen-bond acceptors (Lipinski definition) is 4. The number of nitrogens with zero attached hydrogens (tertiary/aromatic N) is 1. The molecule has 0 bridgehead atoms. The van der Waals surface area contributed by atoms with Crippen molar-refractivity contribution in [3.05, 3.63) is 23.8 Å². The smallest absolute Gasteiger partial charge is 0.162 e. The summed E-state index contributed by atoms with van der Waals surface area (Å²) in [4.78, 5) is 2.44. The summed E-state index contributed by atoms with van der Waals surface area (Å²) in [6, 6.07) is 6.28. The van der Waals surface area contributed by atoms with Crippen molar-refractivity contribution in [3.63, 3.8) is 0 Å². The van der Waals surface area contributed by atoms with Crippen LogP contribution in [0.2, 0.25) is 0 Å². The van der Waals surface area contributed by atoms with Crippen molar-refractivity contribution in [3.8, 4) is 11.5 Å². The van der Waals surface area contributed by atoms with E-state index in [0.717, 1.165) is 25.2 Å². The maximum Gasteiger partial charge on any atom is 0.162 e. The van der Waals surface area contributed by atoms with E-state index in [0.29, 0.717) is 24.3 Å². The molecule has 2 unspecified atom stereocenters. The molecule has 0 saturated heterocycles. The van der Waals surface area contributed by atoms with Crippen LogP contribution in [0.4, 0.5) is 0 Å². The number of nitrogens with two attached hydrogens (primary N) is 1. The second-order valence-corrected chi connectivity index (χ2v) is 5.75. The first-order valence-corrected chi connectivity index (χ1v) is 8.09. The molecular weight excluding hydrogens is 264 g/mol. The molecule has 1 aromatic rings. The lowest BCUT2D eigenvalue weighted by atomic mass is 10.0. The van der Waals surface area contributed by atoms with Crippen molar-refractivity contribution < 1.29 is 9.84 Å². The van der Waals surface area contributed by atoms with E-state index < -0.39 is 0 Å². The Morgan fingerprint density at radius 3 is 2.81 bits per heavy atom. The Labute approximate surface area is 127 Å². The van der Waals surface area contributed by atoms with Crippen molar-refractivity contribution in [2.75, 3.05) is 19.7 Å². The third kappa shape index (κ3) is 3.69. The van der Waals surface area contributed by atoms with E-state index in [9.17, 15) is 5.11 Å². The normalized spacial score (nSPS) is 21.9. The Bertz CT molecular complexity index is 450. The second kappa shape index (κ2) is 7.66. The molecule has 4 heteroatoms. The van der Waals surface area contributed by atoms with Crippen LogP contribution in [0.1, 0.15) is 38.7 Å². The molecule has 0 radical (unpaired) electrons. The highest BCUT2D eigenvalue weighted by Crippen LogP contribution is 2.34. The number of phenolic OH excluding ortho intramolecular Hbond substituents is 1. The van der Waals surface area contributed by atoms with Crippen LogP contribution in [0.5, 0.6) is 11.5 Å². The van der Waals surface area contributed by atoms with E-state index in [1.165, 1.54) is 19.3 Å². The summed E-state index contributed by atoms with van der Waals surface area (Å²) in [7, 11) is 0. The molecule has 0 amide bonds. The minimum atomic E-state index is 0.278. The average molecular weight is 292 g/mol. The van der Waals surface area contributed by atoms with Gasteiger partial charge in [0.2, 0.25) is 0 Å². The molecule has 2 rings (SSSR count). The van der Waals surface area contributed by atoms with E-state index in [1.807, 2.05) is 25.1 Å². The highest BCUT2D eigenvalue weighted by Gasteiger charge is 2.30. The van der Waals surface area contributed by atoms with Gasteiger partial charge in [0.05, 0.1) is 6.61 Å². The Morgan fingerprint density at radius 1 is 1.33 bits per heavy atom. The monoisotopic (exact) mass is 292 g/mol. The van der Waals surface area contributed by atoms with E-state index >= 15 is 0 Å². The number of para-hydroxylation sites is 1. The fourth-order valence-corrected chi connectivity index (χ4v) is 3.42. The van der Waals surface area contributed by atoms with E-state index in [2.05, 4.69) is 11.8 Å². The fourth-order valence-electron chi connectivity index (χ4n) is 3.42. The number of benzene rings is 1. The van der Waals surface area contributed by atoms with Gasteiger partial charge in [-0.25, -0.2) is 0 Å². The molecule has 1 aliphatic rings. The summed E-state index contributed by atoms with van der Waals surface area (Å²) in [5.41, 5.74) is 6.84. The zero-order chi connectivity index (χ0) is 15.2. The van der Waals surface area contributed by atoms with E-state index in [4.69, 9.17) is 10.5 Å². The van der Waals surface area contributed by atoms with Crippen molar-refractivity contribution in [1.82, 2.24) is 4.90 Å². The van der Waals surface area contributed by atoms with Crippen molar-refractivity contribution in [2.45, 2.75) is 45.7 Å². The standard InChI is InChI=1S/C17H28N2O2/c1-3-19(15-9-5-7-13(15)11-18)12-14-8-6-10-16(17(14)20)21-4-2/h6,8,10,13,15,20H,3-5,7,9,11-12,18H2,1-2H3. The molecule has 1 saturated carbocycles. The van der Waals surface area contributed by atoms with Gasteiger partial charge >= 0.3 is 0 Å². The highest BCUT2D eigenvalue weighted by molar-refractivity contribution is 5.45. The van der Waals surface area contributed by atoms with Gasteiger partial charge in [0, 0.05) is 18.2 Å². The predicted octanol–water partition coefficient (Wildman–Crippen LogP) is 2.74. The summed E-state index contributed by atoms with van der Waals surface area (Å²) < 4.78 is 5.47. The quantitative estimate of drug-likeness (QED) is 0.811. The van der Waals surface area contributed by atoms with Gasteiger partial charge in [0.1, 0.15) is 0 Å². The summed E-state index contributed by atoms with van der Waals surface area (Å²) in [5, 5.41) is 10.4. The predicted molar refractivity (Wildman–Crippen MR) is 85.5 cm³/mol. The van der Waals surface area contributed by atoms with Crippen LogP contribution in [0.25, 0.3) is 0 Å². The molecule has 21 heavy (non-hydrogen) atoms. The summed E-state index contributed by atoms with van der Waals surface area (Å²) in [6.07, 6.45) is 3.69. The molecule has 0 aliphatic heterocycles. The molecule has 0 aromatic heterocycles. The maximum absolute atomic E-state index is 10.4. The third-order valence-corrected chi connectivity index (χ3v) is 4.55. The molecule has 2 atom stereocenters. The second-order valence-electron chi connectivity index (χ2n) is 5.75.